The number of hydrogen-bond acceptors (Lipinski definition) is 25. The number of esters is 3. The Morgan fingerprint density at radius 3 is 1.13 bits per heavy atom. The molecule has 128 heavy (non-hydrogen) atoms. The SMILES string of the molecule is C=CC1CC1(N)C(=O)OCC.COc1ccc2c(O[C@@H]3C[C@@H](C(=O)O)N(C(=O)OC(C)(C)C)C3)cc(-c3ccccc3)nc2c1.Cl.S.S=S.[B]C(=O)N1C[C@H](Oc2cc(-c3ccccc3)nc3cc(OC)ccc23)C[C@H]1C(=O)N[C@@]1(C(=O)OC)CC1C=C.[B]C(=O)N1C[C@H](Oc2cc(-c3ccccc3)nc3cc(OC)ccc23)C[C@H]1C(=O)N[C@]1(C(=O)OCC)CC1C=C. The summed E-state index contributed by atoms with van der Waals surface area (Å²) in [5, 5.41) is 17.6. The lowest BCUT2D eigenvalue weighted by Gasteiger charge is -2.26. The summed E-state index contributed by atoms with van der Waals surface area (Å²) < 4.78 is 55.6. The Hall–Kier alpha value is -12.2. The highest BCUT2D eigenvalue weighted by Gasteiger charge is 2.63. The highest BCUT2D eigenvalue weighted by atomic mass is 35.5. The minimum Gasteiger partial charge on any atom is -0.497 e. The van der Waals surface area contributed by atoms with Crippen LogP contribution in [0.2, 0.25) is 0 Å². The summed E-state index contributed by atoms with van der Waals surface area (Å²) in [4.78, 5) is 130. The number of aliphatic carboxylic acids is 1. The number of nitrogens with two attached hydrogens (primary N) is 1. The number of carbonyl (C=O) groups excluding carboxylic acids is 8. The monoisotopic (exact) mass is 1820 g/mol. The van der Waals surface area contributed by atoms with E-state index in [9.17, 15) is 48.3 Å². The number of aromatic nitrogens is 3. The molecule has 5 N–H and O–H groups in total. The summed E-state index contributed by atoms with van der Waals surface area (Å²) in [5.74, 6) is -1.69. The number of ether oxygens (including phenoxy) is 10. The van der Waals surface area contributed by atoms with Crippen molar-refractivity contribution in [1.82, 2.24) is 40.3 Å². The molecule has 6 aliphatic rings. The van der Waals surface area contributed by atoms with Gasteiger partial charge in [-0.15, -0.1) is 32.1 Å². The van der Waals surface area contributed by atoms with Gasteiger partial charge >= 0.3 is 30.0 Å². The normalized spacial score (nSPS) is 22.3. The van der Waals surface area contributed by atoms with Crippen LogP contribution in [-0.2, 0) is 70.1 Å². The second kappa shape index (κ2) is 43.5. The van der Waals surface area contributed by atoms with Crippen molar-refractivity contribution in [2.24, 2.45) is 23.5 Å². The lowest BCUT2D eigenvalue weighted by Crippen LogP contribution is -2.53. The lowest BCUT2D eigenvalue weighted by molar-refractivity contribution is -0.149. The number of hydrogen-bond donors (Lipinski definition) is 4. The van der Waals surface area contributed by atoms with E-state index in [4.69, 9.17) is 83.7 Å². The van der Waals surface area contributed by atoms with Crippen molar-refractivity contribution in [3.63, 3.8) is 0 Å². The molecule has 3 aliphatic carbocycles. The Morgan fingerprint density at radius 1 is 0.500 bits per heavy atom. The van der Waals surface area contributed by atoms with Crippen LogP contribution >= 0.6 is 25.9 Å². The molecule has 15 rings (SSSR count). The molecule has 4 radical (unpaired) electrons. The molecule has 0 spiro atoms. The Labute approximate surface area is 767 Å². The van der Waals surface area contributed by atoms with Crippen molar-refractivity contribution in [2.75, 3.05) is 61.3 Å². The van der Waals surface area contributed by atoms with E-state index in [2.05, 4.69) is 52.7 Å². The summed E-state index contributed by atoms with van der Waals surface area (Å²) >= 11 is 7.33. The molecule has 9 aromatic rings. The third-order valence-corrected chi connectivity index (χ3v) is 22.4. The number of rotatable bonds is 25. The highest BCUT2D eigenvalue weighted by Crippen LogP contribution is 2.48. The van der Waals surface area contributed by atoms with Crippen LogP contribution in [0.3, 0.4) is 0 Å². The number of carboxylic acids is 1. The second-order valence-electron chi connectivity index (χ2n) is 31.7. The van der Waals surface area contributed by atoms with E-state index in [-0.39, 0.29) is 95.1 Å². The summed E-state index contributed by atoms with van der Waals surface area (Å²) in [6.45, 7) is 20.6. The number of pyridine rings is 3. The fourth-order valence-corrected chi connectivity index (χ4v) is 15.6. The number of nitrogens with zero attached hydrogens (tertiary/aromatic N) is 6. The van der Waals surface area contributed by atoms with Gasteiger partial charge in [0.1, 0.15) is 93.2 Å². The maximum atomic E-state index is 13.4. The molecule has 6 fully saturated rings. The number of likely N-dealkylation sites (tertiary alicyclic amines) is 3. The molecule has 3 aromatic heterocycles. The zero-order valence-electron chi connectivity index (χ0n) is 72.3. The first-order valence-electron chi connectivity index (χ1n) is 40.8. The Balaban J connectivity index is 0.000000201. The number of carbonyl (C=O) groups is 9. The van der Waals surface area contributed by atoms with Gasteiger partial charge in [0.05, 0.1) is 94.9 Å². The van der Waals surface area contributed by atoms with E-state index in [1.165, 1.54) is 21.8 Å². The predicted octanol–water partition coefficient (Wildman–Crippen LogP) is 12.6. The zero-order valence-corrected chi connectivity index (χ0v) is 75.7. The van der Waals surface area contributed by atoms with E-state index in [0.717, 1.165) is 32.8 Å². The third kappa shape index (κ3) is 23.0. The van der Waals surface area contributed by atoms with Crippen molar-refractivity contribution in [3.8, 4) is 68.3 Å². The molecule has 4 unspecified atom stereocenters. The van der Waals surface area contributed by atoms with Gasteiger partial charge in [0, 0.05) is 129 Å². The van der Waals surface area contributed by atoms with Gasteiger partial charge in [-0.25, -0.2) is 34.1 Å². The van der Waals surface area contributed by atoms with Gasteiger partial charge in [-0.05, 0) is 90.3 Å². The van der Waals surface area contributed by atoms with Gasteiger partial charge in [0.15, 0.2) is 11.6 Å². The number of carboxylic acid groups (broad SMARTS) is 1. The molecule has 3 saturated carbocycles. The Bertz CT molecular complexity index is 5580. The van der Waals surface area contributed by atoms with Crippen LogP contribution in [0.4, 0.5) is 14.4 Å². The number of amides is 5. The number of fused-ring (bicyclic) bond motifs is 3. The minimum atomic E-state index is -1.18. The van der Waals surface area contributed by atoms with Gasteiger partial charge in [-0.3, -0.25) is 28.9 Å². The van der Waals surface area contributed by atoms with Crippen LogP contribution in [0.25, 0.3) is 66.5 Å². The maximum Gasteiger partial charge on any atom is 0.411 e. The minimum absolute atomic E-state index is 0. The molecule has 6 aromatic carbocycles. The number of methoxy groups -OCH3 is 4. The molecule has 3 aliphatic heterocycles. The van der Waals surface area contributed by atoms with Gasteiger partial charge in [0.2, 0.25) is 27.5 Å². The number of halogens is 1. The largest absolute Gasteiger partial charge is 0.497 e. The predicted molar refractivity (Wildman–Crippen MR) is 497 cm³/mol. The quantitative estimate of drug-likeness (QED) is 0.0179. The van der Waals surface area contributed by atoms with Gasteiger partial charge in [0.25, 0.3) is 0 Å². The van der Waals surface area contributed by atoms with Crippen LogP contribution in [0.1, 0.15) is 73.1 Å². The average molecular weight is 1820 g/mol. The van der Waals surface area contributed by atoms with E-state index in [0.29, 0.717) is 94.0 Å². The lowest BCUT2D eigenvalue weighted by atomic mass is 10.1. The summed E-state index contributed by atoms with van der Waals surface area (Å²) in [5.41, 5.74) is 8.74. The highest BCUT2D eigenvalue weighted by molar-refractivity contribution is 8.07. The molecule has 0 bridgehead atoms. The third-order valence-electron chi connectivity index (χ3n) is 22.4. The standard InChI is InChI=1S/C30H30BN3O6.C29H28BN3O6.C26H28N2O6.C8H13NO2.ClH.S2.H2S/c1-4-19-16-30(19,28(36)39-5-2)33-27(35)25-14-21(17-34(25)29(31)37)40-26-15-23(18-9-7-6-8-10-18)32-24-13-20(38-3)11-12-22(24)26;1-4-18-15-29(18,27(35)38-3)32-26(34)24-13-20(16-33(24)28(30)36)39-25-14-22(17-8-6-5-7-9-17)31-23-12-19(37-2)10-11-21(23)25;1-26(2,3)34-25(31)28-15-18(13-22(28)24(29)30)33-23-14-20(16-8-6-5-7-9-16)27-21-12-17(32-4)10-11-19(21)23;1-3-6-5-8(6,9)7(10)11-4-2;;1-2;/h4,6-13,15,19,21,25H,1,5,14,16-17H2,2-3H3,(H,33,35);4-12,14,18,20,24H,1,13,15-16H2,2-3H3,(H,32,34);5-12,14,18,22H,13,15H2,1-4H3,(H,29,30);3,6H,1,4-5,9H2,2H3;1H;;1H2/t19?,21-,25+,30-;18?,20-,24+,29+;18-,22+;;;;/m111..../s1. The van der Waals surface area contributed by atoms with E-state index >= 15 is 0 Å². The fourth-order valence-electron chi connectivity index (χ4n) is 15.6. The summed E-state index contributed by atoms with van der Waals surface area (Å²) in [6, 6.07) is 48.3. The maximum absolute atomic E-state index is 13.4. The number of benzene rings is 6. The average Bonchev–Trinajstić information content (AvgIpc) is 1.58. The van der Waals surface area contributed by atoms with Gasteiger partial charge in [-0.2, -0.15) is 13.5 Å². The molecule has 3 saturated heterocycles. The Morgan fingerprint density at radius 2 is 0.836 bits per heavy atom. The first kappa shape index (κ1) is 99.5. The van der Waals surface area contributed by atoms with Crippen LogP contribution in [0.15, 0.2) is 202 Å². The van der Waals surface area contributed by atoms with Gasteiger partial charge < -0.3 is 78.6 Å². The first-order chi connectivity index (χ1) is 60.4. The second-order valence-corrected chi connectivity index (χ2v) is 31.7. The van der Waals surface area contributed by atoms with Crippen molar-refractivity contribution in [1.29, 1.82) is 0 Å². The number of nitrogens with one attached hydrogen (secondary N) is 2. The molecular formula is C93H102B2ClN9O20S3. The van der Waals surface area contributed by atoms with Crippen molar-refractivity contribution < 1.29 is 95.6 Å². The Kier molecular flexibility index (Phi) is 33.8. The summed E-state index contributed by atoms with van der Waals surface area (Å²) in [6.07, 6.45) is 4.65. The van der Waals surface area contributed by atoms with Crippen molar-refractivity contribution in [3.05, 3.63) is 202 Å². The van der Waals surface area contributed by atoms with Gasteiger partial charge in [-0.1, -0.05) is 109 Å². The molecule has 29 nitrogen and oxygen atoms in total. The fraction of sp³-hybridized carbons (Fsp3) is 0.355. The van der Waals surface area contributed by atoms with E-state index in [1.54, 1.807) is 74.2 Å². The first-order valence-corrected chi connectivity index (χ1v) is 42.1. The van der Waals surface area contributed by atoms with Crippen molar-refractivity contribution >= 4 is 150 Å². The van der Waals surface area contributed by atoms with E-state index < -0.39 is 106 Å². The van der Waals surface area contributed by atoms with Crippen LogP contribution in [0, 0.1) is 17.8 Å². The molecular weight excluding hydrogens is 1720 g/mol. The van der Waals surface area contributed by atoms with Crippen LogP contribution < -0.4 is 44.8 Å². The molecule has 12 atom stereocenters. The van der Waals surface area contributed by atoms with E-state index in [1.807, 2.05) is 164 Å². The zero-order chi connectivity index (χ0) is 91.1. The topological polar surface area (TPSA) is 365 Å². The molecule has 5 amide bonds. The molecule has 35 heteroatoms. The van der Waals surface area contributed by atoms with Crippen LogP contribution in [-0.4, -0.2) is 224 Å². The smallest absolute Gasteiger partial charge is 0.411 e. The van der Waals surface area contributed by atoms with Crippen LogP contribution in [0.5, 0.6) is 34.5 Å². The molecule has 670 valence electrons. The molecule has 6 heterocycles. The van der Waals surface area contributed by atoms with Crippen molar-refractivity contribution in [2.45, 2.75) is 132 Å². The summed E-state index contributed by atoms with van der Waals surface area (Å²) in [7, 11) is 17.3.